The SMILES string of the molecule is Cc1ccc(Oc2cc(Cl)nc3ncnn23)c(Br)c1. The fourth-order valence-electron chi connectivity index (χ4n) is 1.63. The van der Waals surface area contributed by atoms with Crippen LogP contribution in [0.15, 0.2) is 35.1 Å². The molecule has 0 fully saturated rings. The normalized spacial score (nSPS) is 10.9. The van der Waals surface area contributed by atoms with Gasteiger partial charge in [-0.15, -0.1) is 0 Å². The Hall–Kier alpha value is -1.66. The largest absolute Gasteiger partial charge is 0.438 e. The molecule has 0 unspecified atom stereocenters. The summed E-state index contributed by atoms with van der Waals surface area (Å²) in [5.41, 5.74) is 1.14. The summed E-state index contributed by atoms with van der Waals surface area (Å²) in [7, 11) is 0. The maximum Gasteiger partial charge on any atom is 0.256 e. The van der Waals surface area contributed by atoms with Crippen LogP contribution in [0.5, 0.6) is 11.6 Å². The molecule has 2 aromatic heterocycles. The lowest BCUT2D eigenvalue weighted by Crippen LogP contribution is -1.98. The molecule has 5 nitrogen and oxygen atoms in total. The molecule has 0 radical (unpaired) electrons. The van der Waals surface area contributed by atoms with Crippen molar-refractivity contribution in [1.82, 2.24) is 19.6 Å². The predicted octanol–water partition coefficient (Wildman–Crippen LogP) is 3.64. The van der Waals surface area contributed by atoms with Gasteiger partial charge in [-0.2, -0.15) is 19.6 Å². The fraction of sp³-hybridized carbons (Fsp3) is 0.0833. The van der Waals surface area contributed by atoms with Gasteiger partial charge in [-0.25, -0.2) is 0 Å². The maximum atomic E-state index is 5.93. The number of hydrogen-bond acceptors (Lipinski definition) is 4. The van der Waals surface area contributed by atoms with Gasteiger partial charge in [-0.1, -0.05) is 17.7 Å². The van der Waals surface area contributed by atoms with Gasteiger partial charge in [-0.3, -0.25) is 0 Å². The zero-order valence-corrected chi connectivity index (χ0v) is 12.2. The molecule has 2 heterocycles. The minimum atomic E-state index is 0.304. The first kappa shape index (κ1) is 12.4. The molecule has 0 aliphatic heterocycles. The standard InChI is InChI=1S/C12H8BrClN4O/c1-7-2-3-9(8(13)4-7)19-11-5-10(14)17-12-15-6-16-18(11)12/h2-6H,1H3. The van der Waals surface area contributed by atoms with E-state index in [1.165, 1.54) is 10.8 Å². The highest BCUT2D eigenvalue weighted by molar-refractivity contribution is 9.10. The molecule has 0 aliphatic carbocycles. The van der Waals surface area contributed by atoms with Crippen LogP contribution in [0.4, 0.5) is 0 Å². The highest BCUT2D eigenvalue weighted by atomic mass is 79.9. The first-order valence-corrected chi connectivity index (χ1v) is 6.61. The number of aryl methyl sites for hydroxylation is 1. The Morgan fingerprint density at radius 3 is 2.95 bits per heavy atom. The first-order chi connectivity index (χ1) is 9.13. The molecule has 3 aromatic rings. The van der Waals surface area contributed by atoms with Crippen molar-refractivity contribution in [2.45, 2.75) is 6.92 Å². The zero-order valence-electron chi connectivity index (χ0n) is 9.84. The molecule has 0 amide bonds. The number of nitrogens with zero attached hydrogens (tertiary/aromatic N) is 4. The van der Waals surface area contributed by atoms with Gasteiger partial charge in [0.2, 0.25) is 5.88 Å². The predicted molar refractivity (Wildman–Crippen MR) is 74.7 cm³/mol. The lowest BCUT2D eigenvalue weighted by atomic mass is 10.2. The molecule has 0 N–H and O–H groups in total. The van der Waals surface area contributed by atoms with Crippen LogP contribution in [0.1, 0.15) is 5.56 Å². The van der Waals surface area contributed by atoms with Gasteiger partial charge in [0, 0.05) is 6.07 Å². The molecule has 0 spiro atoms. The van der Waals surface area contributed by atoms with Crippen LogP contribution in [-0.4, -0.2) is 19.6 Å². The van der Waals surface area contributed by atoms with E-state index in [4.69, 9.17) is 16.3 Å². The molecule has 3 rings (SSSR count). The van der Waals surface area contributed by atoms with Crippen molar-refractivity contribution >= 4 is 33.3 Å². The van der Waals surface area contributed by atoms with Gasteiger partial charge in [-0.05, 0) is 40.5 Å². The Labute approximate surface area is 122 Å². The van der Waals surface area contributed by atoms with E-state index < -0.39 is 0 Å². The number of halogens is 2. The Morgan fingerprint density at radius 1 is 1.32 bits per heavy atom. The minimum absolute atomic E-state index is 0.304. The van der Waals surface area contributed by atoms with E-state index in [2.05, 4.69) is 31.0 Å². The van der Waals surface area contributed by atoms with Crippen molar-refractivity contribution in [2.75, 3.05) is 0 Å². The van der Waals surface area contributed by atoms with Gasteiger partial charge < -0.3 is 4.74 Å². The van der Waals surface area contributed by atoms with E-state index in [0.29, 0.717) is 22.6 Å². The second-order valence-electron chi connectivity index (χ2n) is 3.92. The summed E-state index contributed by atoms with van der Waals surface area (Å²) in [6.45, 7) is 2.01. The van der Waals surface area contributed by atoms with Crippen LogP contribution >= 0.6 is 27.5 Å². The van der Waals surface area contributed by atoms with Gasteiger partial charge in [0.15, 0.2) is 0 Å². The van der Waals surface area contributed by atoms with Crippen molar-refractivity contribution in [3.63, 3.8) is 0 Å². The third-order valence-corrected chi connectivity index (χ3v) is 3.30. The monoisotopic (exact) mass is 338 g/mol. The van der Waals surface area contributed by atoms with Crippen molar-refractivity contribution in [3.05, 3.63) is 45.8 Å². The third kappa shape index (κ3) is 2.41. The van der Waals surface area contributed by atoms with Gasteiger partial charge in [0.1, 0.15) is 17.2 Å². The molecule has 0 aliphatic rings. The van der Waals surface area contributed by atoms with Gasteiger partial charge in [0.05, 0.1) is 4.47 Å². The molecule has 1 aromatic carbocycles. The smallest absolute Gasteiger partial charge is 0.256 e. The van der Waals surface area contributed by atoms with Crippen molar-refractivity contribution in [2.24, 2.45) is 0 Å². The molecular formula is C12H8BrClN4O. The Bertz CT molecular complexity index is 759. The van der Waals surface area contributed by atoms with Crippen LogP contribution in [0, 0.1) is 6.92 Å². The number of benzene rings is 1. The van der Waals surface area contributed by atoms with Gasteiger partial charge in [0.25, 0.3) is 5.78 Å². The number of ether oxygens (including phenoxy) is 1. The van der Waals surface area contributed by atoms with Crippen LogP contribution in [-0.2, 0) is 0 Å². The summed E-state index contributed by atoms with van der Waals surface area (Å²) in [4.78, 5) is 8.02. The number of fused-ring (bicyclic) bond motifs is 1. The Balaban J connectivity index is 2.07. The maximum absolute atomic E-state index is 5.93. The highest BCUT2D eigenvalue weighted by Crippen LogP contribution is 2.31. The first-order valence-electron chi connectivity index (χ1n) is 5.44. The average molecular weight is 340 g/mol. The summed E-state index contributed by atoms with van der Waals surface area (Å²) in [6, 6.07) is 7.39. The van der Waals surface area contributed by atoms with Crippen molar-refractivity contribution in [3.8, 4) is 11.6 Å². The van der Waals surface area contributed by atoms with Crippen LogP contribution in [0.2, 0.25) is 5.15 Å². The van der Waals surface area contributed by atoms with E-state index in [9.17, 15) is 0 Å². The van der Waals surface area contributed by atoms with Crippen LogP contribution in [0.25, 0.3) is 5.78 Å². The lowest BCUT2D eigenvalue weighted by Gasteiger charge is -2.09. The van der Waals surface area contributed by atoms with Crippen molar-refractivity contribution in [1.29, 1.82) is 0 Å². The molecule has 7 heteroatoms. The summed E-state index contributed by atoms with van der Waals surface area (Å²) in [5.74, 6) is 1.52. The number of hydrogen-bond donors (Lipinski definition) is 0. The summed E-state index contributed by atoms with van der Waals surface area (Å²) >= 11 is 9.39. The second kappa shape index (κ2) is 4.79. The highest BCUT2D eigenvalue weighted by Gasteiger charge is 2.10. The topological polar surface area (TPSA) is 52.3 Å². The van der Waals surface area contributed by atoms with Crippen LogP contribution in [0.3, 0.4) is 0 Å². The van der Waals surface area contributed by atoms with E-state index in [0.717, 1.165) is 10.0 Å². The third-order valence-electron chi connectivity index (χ3n) is 2.49. The van der Waals surface area contributed by atoms with E-state index in [1.807, 2.05) is 25.1 Å². The summed E-state index contributed by atoms with van der Waals surface area (Å²) in [6.07, 6.45) is 1.40. The Kier molecular flexibility index (Phi) is 3.12. The minimum Gasteiger partial charge on any atom is -0.438 e. The molecule has 0 saturated carbocycles. The van der Waals surface area contributed by atoms with Crippen LogP contribution < -0.4 is 4.74 Å². The fourth-order valence-corrected chi connectivity index (χ4v) is 2.38. The van der Waals surface area contributed by atoms with E-state index >= 15 is 0 Å². The molecule has 96 valence electrons. The quantitative estimate of drug-likeness (QED) is 0.669. The average Bonchev–Trinajstić information content (AvgIpc) is 2.80. The second-order valence-corrected chi connectivity index (χ2v) is 5.17. The zero-order chi connectivity index (χ0) is 13.4. The number of rotatable bonds is 2. The van der Waals surface area contributed by atoms with Gasteiger partial charge >= 0.3 is 0 Å². The summed E-state index contributed by atoms with van der Waals surface area (Å²) < 4.78 is 8.15. The lowest BCUT2D eigenvalue weighted by molar-refractivity contribution is 0.443. The van der Waals surface area contributed by atoms with E-state index in [1.54, 1.807) is 6.07 Å². The molecule has 0 atom stereocenters. The Morgan fingerprint density at radius 2 is 2.16 bits per heavy atom. The molecule has 0 bridgehead atoms. The molecular weight excluding hydrogens is 332 g/mol. The summed E-state index contributed by atoms with van der Waals surface area (Å²) in [5, 5.41) is 4.35. The molecule has 0 saturated heterocycles. The van der Waals surface area contributed by atoms with Crippen molar-refractivity contribution < 1.29 is 4.74 Å². The number of aromatic nitrogens is 4. The van der Waals surface area contributed by atoms with E-state index in [-0.39, 0.29) is 0 Å². The molecule has 19 heavy (non-hydrogen) atoms.